The van der Waals surface area contributed by atoms with Crippen molar-refractivity contribution in [1.82, 2.24) is 0 Å². The number of aromatic hydroxyl groups is 1. The van der Waals surface area contributed by atoms with Crippen LogP contribution in [-0.2, 0) is 54.3 Å². The van der Waals surface area contributed by atoms with Crippen molar-refractivity contribution in [2.45, 2.75) is 208 Å². The molecule has 3 saturated carbocycles. The van der Waals surface area contributed by atoms with Crippen LogP contribution in [0.15, 0.2) is 160 Å². The van der Waals surface area contributed by atoms with E-state index in [4.69, 9.17) is 38.3 Å². The van der Waals surface area contributed by atoms with Crippen LogP contribution in [0.2, 0.25) is 0 Å². The molecular weight excluding hydrogens is 1230 g/mol. The zero-order valence-electron chi connectivity index (χ0n) is 55.1. The maximum absolute atomic E-state index is 13.0. The second-order valence-electron chi connectivity index (χ2n) is 25.6. The number of ether oxygens (including phenoxy) is 8. The van der Waals surface area contributed by atoms with Gasteiger partial charge in [0.15, 0.2) is 49.6 Å². The Labute approximate surface area is 551 Å². The van der Waals surface area contributed by atoms with E-state index in [-0.39, 0.29) is 29.9 Å². The van der Waals surface area contributed by atoms with Crippen molar-refractivity contribution in [2.24, 2.45) is 29.6 Å². The zero-order valence-corrected chi connectivity index (χ0v) is 56.8. The van der Waals surface area contributed by atoms with Crippen LogP contribution in [-0.4, -0.2) is 91.6 Å². The van der Waals surface area contributed by atoms with Gasteiger partial charge in [0.05, 0.1) is 35.6 Å². The molecule has 0 amide bonds. The first-order chi connectivity index (χ1) is 44.5. The highest BCUT2D eigenvalue weighted by Gasteiger charge is 2.66. The van der Waals surface area contributed by atoms with Crippen molar-refractivity contribution in [3.8, 4) is 23.0 Å². The lowest BCUT2D eigenvalue weighted by Crippen LogP contribution is -2.46. The largest absolute Gasteiger partial charge is 0.743 e. The standard InChI is InChI=1S/C34H39O3S.C22H32O2.C10H14O.C9H8F2O8S/c1-6-25(2)29-17-19-30(20-18-29)37-28(5)35-21-22-36-34-26(3)23-33(24-27(34)4)38(31-13-9-7-10-14-31)32-15-11-8-12-16-32;1-4-14(2)16-8-10-18(11-9-16)23-15(3)24-22-13-17-12-21(22)20-7-5-6-19(17)20;1-3-8(2)9-4-6-10(11)7-5-9;10-9(11,20(14,15)16)8(13)19-5-3-1-2-4(17-3)6(5)18-7(2)12/h7-20,23-25,28H,6,21-22H2,1-5H3;8-11,14-15,17,19-22H,4-7,12-13H2,1-3H3;4-8,11H,3H2,1-2H3;2-6H,1H2,(H,14,15,16)/q+1;;;/p-1. The summed E-state index contributed by atoms with van der Waals surface area (Å²) < 4.78 is 102. The molecule has 3 heterocycles. The molecule has 0 aromatic heterocycles. The number of benzene rings is 6. The molecule has 93 heavy (non-hydrogen) atoms. The van der Waals surface area contributed by atoms with E-state index >= 15 is 0 Å². The van der Waals surface area contributed by atoms with Crippen LogP contribution in [0.5, 0.6) is 23.0 Å². The molecule has 1 N–H and O–H groups in total. The fourth-order valence-electron chi connectivity index (χ4n) is 13.9. The molecule has 15 atom stereocenters. The fourth-order valence-corrected chi connectivity index (χ4v) is 16.4. The van der Waals surface area contributed by atoms with Crippen LogP contribution in [0.1, 0.15) is 159 Å². The highest BCUT2D eigenvalue weighted by Crippen LogP contribution is 2.59. The minimum atomic E-state index is -6.19. The van der Waals surface area contributed by atoms with E-state index in [9.17, 15) is 31.3 Å². The Bertz CT molecular complexity index is 3420. The molecule has 6 aliphatic rings. The molecular formula is C75H92F2O14S2. The van der Waals surface area contributed by atoms with Crippen molar-refractivity contribution < 1.29 is 74.3 Å². The summed E-state index contributed by atoms with van der Waals surface area (Å²) in [5, 5.41) is 3.81. The van der Waals surface area contributed by atoms with Gasteiger partial charge >= 0.3 is 17.2 Å². The summed E-state index contributed by atoms with van der Waals surface area (Å²) in [7, 11) is -6.37. The average Bonchev–Trinajstić information content (AvgIpc) is 1.58. The Morgan fingerprint density at radius 1 is 0.656 bits per heavy atom. The van der Waals surface area contributed by atoms with Crippen molar-refractivity contribution in [1.29, 1.82) is 0 Å². The first kappa shape index (κ1) is 70.8. The number of rotatable bonds is 23. The Kier molecular flexibility index (Phi) is 24.2. The lowest BCUT2D eigenvalue weighted by atomic mass is 9.80. The van der Waals surface area contributed by atoms with E-state index in [1.54, 1.807) is 12.1 Å². The normalized spacial score (nSPS) is 24.6. The summed E-state index contributed by atoms with van der Waals surface area (Å²) in [4.78, 5) is 26.4. The summed E-state index contributed by atoms with van der Waals surface area (Å²) in [5.41, 5.74) is 6.28. The Morgan fingerprint density at radius 2 is 1.16 bits per heavy atom. The Balaban J connectivity index is 0.000000159. The summed E-state index contributed by atoms with van der Waals surface area (Å²) >= 11 is 0. The van der Waals surface area contributed by atoms with Gasteiger partial charge in [-0.1, -0.05) is 121 Å². The number of fused-ring (bicyclic) bond motifs is 6. The van der Waals surface area contributed by atoms with Crippen LogP contribution in [0, 0.1) is 43.4 Å². The van der Waals surface area contributed by atoms with Gasteiger partial charge in [-0.25, -0.2) is 13.2 Å². The number of halogens is 2. The molecule has 6 aromatic carbocycles. The molecule has 3 aliphatic carbocycles. The molecule has 0 spiro atoms. The van der Waals surface area contributed by atoms with Crippen LogP contribution in [0.3, 0.4) is 0 Å². The van der Waals surface area contributed by atoms with E-state index in [2.05, 4.69) is 176 Å². The third-order valence-electron chi connectivity index (χ3n) is 19.4. The molecule has 3 aliphatic heterocycles. The highest BCUT2D eigenvalue weighted by atomic mass is 32.2. The molecule has 14 nitrogen and oxygen atoms in total. The summed E-state index contributed by atoms with van der Waals surface area (Å²) in [6, 6.07) is 50.3. The van der Waals surface area contributed by atoms with Crippen LogP contribution in [0.25, 0.3) is 0 Å². The number of esters is 2. The fraction of sp³-hybridized carbons (Fsp3) is 0.493. The van der Waals surface area contributed by atoms with Gasteiger partial charge in [-0.2, -0.15) is 8.78 Å². The Hall–Kier alpha value is -6.54. The van der Waals surface area contributed by atoms with Gasteiger partial charge in [0.1, 0.15) is 35.7 Å². The van der Waals surface area contributed by atoms with Crippen molar-refractivity contribution >= 4 is 33.0 Å². The first-order valence-electron chi connectivity index (χ1n) is 33.1. The summed E-state index contributed by atoms with van der Waals surface area (Å²) in [6.07, 6.45) is 6.68. The zero-order chi connectivity index (χ0) is 66.7. The molecule has 12 rings (SSSR count). The number of carbonyl (C=O) groups is 2. The van der Waals surface area contributed by atoms with Gasteiger partial charge in [-0.05, 0) is 209 Å². The predicted octanol–water partition coefficient (Wildman–Crippen LogP) is 16.2. The molecule has 6 aromatic rings. The van der Waals surface area contributed by atoms with Crippen molar-refractivity contribution in [2.75, 3.05) is 13.2 Å². The maximum Gasteiger partial charge on any atom is 0.428 e. The second kappa shape index (κ2) is 31.8. The molecule has 502 valence electrons. The third kappa shape index (κ3) is 17.3. The summed E-state index contributed by atoms with van der Waals surface area (Å²) in [5.74, 6) is 4.91. The van der Waals surface area contributed by atoms with Crippen molar-refractivity contribution in [3.05, 3.63) is 173 Å². The molecule has 3 saturated heterocycles. The first-order valence-corrected chi connectivity index (χ1v) is 35.7. The monoisotopic (exact) mass is 1320 g/mol. The topological polar surface area (TPSA) is 185 Å². The minimum Gasteiger partial charge on any atom is -0.743 e. The van der Waals surface area contributed by atoms with E-state index < -0.39 is 57.6 Å². The van der Waals surface area contributed by atoms with Gasteiger partial charge in [-0.15, -0.1) is 0 Å². The maximum atomic E-state index is 13.0. The number of carbonyl (C=O) groups excluding carboxylic acids is 2. The van der Waals surface area contributed by atoms with Gasteiger partial charge < -0.3 is 47.6 Å². The number of aryl methyl sites for hydroxylation is 2. The number of phenols is 1. The quantitative estimate of drug-likeness (QED) is 0.0210. The molecule has 0 radical (unpaired) electrons. The van der Waals surface area contributed by atoms with E-state index in [0.717, 1.165) is 64.9 Å². The van der Waals surface area contributed by atoms with E-state index in [1.165, 1.54) is 69.9 Å². The van der Waals surface area contributed by atoms with E-state index in [0.29, 0.717) is 42.8 Å². The lowest BCUT2D eigenvalue weighted by Gasteiger charge is -2.33. The van der Waals surface area contributed by atoms with Gasteiger partial charge in [0, 0.05) is 12.1 Å². The van der Waals surface area contributed by atoms with E-state index in [1.807, 2.05) is 31.2 Å². The van der Waals surface area contributed by atoms with Crippen LogP contribution in [0.4, 0.5) is 8.78 Å². The minimum absolute atomic E-state index is 0.133. The average molecular weight is 1320 g/mol. The molecule has 18 heteroatoms. The van der Waals surface area contributed by atoms with Crippen LogP contribution >= 0.6 is 0 Å². The number of alkyl halides is 2. The van der Waals surface area contributed by atoms with Gasteiger partial charge in [0.2, 0.25) is 0 Å². The predicted molar refractivity (Wildman–Crippen MR) is 353 cm³/mol. The number of hydrogen-bond donors (Lipinski definition) is 1. The van der Waals surface area contributed by atoms with Gasteiger partial charge in [0.25, 0.3) is 0 Å². The number of phenolic OH excluding ortho intramolecular Hbond substituents is 1. The highest BCUT2D eigenvalue weighted by molar-refractivity contribution is 7.97. The second-order valence-corrected chi connectivity index (χ2v) is 29.1. The smallest absolute Gasteiger partial charge is 0.428 e. The summed E-state index contributed by atoms with van der Waals surface area (Å²) in [6.45, 7) is 22.4. The lowest BCUT2D eigenvalue weighted by molar-refractivity contribution is -0.175. The van der Waals surface area contributed by atoms with Crippen molar-refractivity contribution in [3.63, 3.8) is 0 Å². The molecule has 4 bridgehead atoms. The SMILES string of the molecule is CCC(C)c1ccc(O)cc1.CCC(C)c1ccc(OC(C)OC2CC3CC2C2CCCC32)cc1.CCC(C)c1ccc(OC(C)OCCOc2c(C)cc([S+](c3ccccc3)c3ccccc3)cc2C)cc1.O=C1OC2C(OC(=O)C(F)(F)S(=O)(=O)[O-])C3CC1C2O3. The molecule has 6 fully saturated rings. The molecule has 15 unspecified atom stereocenters. The number of hydrogen-bond acceptors (Lipinski definition) is 14. The van der Waals surface area contributed by atoms with Gasteiger partial charge in [-0.3, -0.25) is 4.79 Å². The third-order valence-corrected chi connectivity index (χ3v) is 22.4. The van der Waals surface area contributed by atoms with Crippen LogP contribution < -0.4 is 14.2 Å². The Morgan fingerprint density at radius 3 is 1.68 bits per heavy atom.